The van der Waals surface area contributed by atoms with Gasteiger partial charge < -0.3 is 9.30 Å². The fraction of sp³-hybridized carbons (Fsp3) is 0.700. The van der Waals surface area contributed by atoms with Gasteiger partial charge in [0.2, 0.25) is 0 Å². The van der Waals surface area contributed by atoms with Crippen LogP contribution in [0.3, 0.4) is 0 Å². The molecule has 0 amide bonds. The molecule has 2 aliphatic rings. The number of rotatable bonds is 2. The number of aromatic nitrogens is 2. The molecule has 1 atom stereocenters. The van der Waals surface area contributed by atoms with Gasteiger partial charge in [0, 0.05) is 5.69 Å². The van der Waals surface area contributed by atoms with Gasteiger partial charge in [-0.25, -0.2) is 4.98 Å². The summed E-state index contributed by atoms with van der Waals surface area (Å²) in [6, 6.07) is 0. The molecule has 0 saturated carbocycles. The van der Waals surface area contributed by atoms with Crippen LogP contribution in [0.2, 0.25) is 0 Å². The SMILES string of the molecule is c1nc2c(n1CC1CO1)CCCC2. The second-order valence-electron chi connectivity index (χ2n) is 3.95. The molecule has 1 unspecified atom stereocenters. The summed E-state index contributed by atoms with van der Waals surface area (Å²) in [5.41, 5.74) is 2.79. The van der Waals surface area contributed by atoms with E-state index in [4.69, 9.17) is 4.74 Å². The number of ether oxygens (including phenoxy) is 1. The van der Waals surface area contributed by atoms with E-state index in [1.807, 2.05) is 6.33 Å². The molecule has 0 spiro atoms. The Balaban J connectivity index is 1.86. The smallest absolute Gasteiger partial charge is 0.0988 e. The summed E-state index contributed by atoms with van der Waals surface area (Å²) in [7, 11) is 0. The van der Waals surface area contributed by atoms with Crippen LogP contribution in [0.5, 0.6) is 0 Å². The van der Waals surface area contributed by atoms with Crippen LogP contribution in [-0.4, -0.2) is 22.3 Å². The first kappa shape index (κ1) is 7.56. The fourth-order valence-corrected chi connectivity index (χ4v) is 2.08. The second-order valence-corrected chi connectivity index (χ2v) is 3.95. The molecular weight excluding hydrogens is 164 g/mol. The summed E-state index contributed by atoms with van der Waals surface area (Å²) >= 11 is 0. The number of fused-ring (bicyclic) bond motifs is 1. The van der Waals surface area contributed by atoms with Gasteiger partial charge in [-0.1, -0.05) is 0 Å². The van der Waals surface area contributed by atoms with Crippen molar-refractivity contribution in [1.29, 1.82) is 0 Å². The molecule has 0 radical (unpaired) electrons. The minimum Gasteiger partial charge on any atom is -0.371 e. The van der Waals surface area contributed by atoms with Gasteiger partial charge in [-0.05, 0) is 25.7 Å². The first-order valence-electron chi connectivity index (χ1n) is 5.08. The topological polar surface area (TPSA) is 30.4 Å². The van der Waals surface area contributed by atoms with Crippen molar-refractivity contribution in [1.82, 2.24) is 9.55 Å². The lowest BCUT2D eigenvalue weighted by Crippen LogP contribution is -2.10. The van der Waals surface area contributed by atoms with Crippen molar-refractivity contribution in [3.8, 4) is 0 Å². The Morgan fingerprint density at radius 3 is 3.15 bits per heavy atom. The molecule has 70 valence electrons. The fourth-order valence-electron chi connectivity index (χ4n) is 2.08. The van der Waals surface area contributed by atoms with E-state index in [2.05, 4.69) is 9.55 Å². The average Bonchev–Trinajstić information content (AvgIpc) is 2.88. The zero-order chi connectivity index (χ0) is 8.67. The quantitative estimate of drug-likeness (QED) is 0.636. The van der Waals surface area contributed by atoms with E-state index in [0.717, 1.165) is 13.2 Å². The summed E-state index contributed by atoms with van der Waals surface area (Å²) in [6.07, 6.45) is 7.47. The lowest BCUT2D eigenvalue weighted by molar-refractivity contribution is 0.379. The summed E-state index contributed by atoms with van der Waals surface area (Å²) < 4.78 is 7.51. The molecule has 0 N–H and O–H groups in total. The van der Waals surface area contributed by atoms with Crippen molar-refractivity contribution in [2.75, 3.05) is 6.61 Å². The van der Waals surface area contributed by atoms with Crippen molar-refractivity contribution in [2.45, 2.75) is 38.3 Å². The molecule has 1 saturated heterocycles. The minimum absolute atomic E-state index is 0.472. The van der Waals surface area contributed by atoms with Gasteiger partial charge in [-0.3, -0.25) is 0 Å². The molecule has 1 aliphatic carbocycles. The number of aryl methyl sites for hydroxylation is 1. The van der Waals surface area contributed by atoms with Gasteiger partial charge in [0.15, 0.2) is 0 Å². The third-order valence-electron chi connectivity index (χ3n) is 2.91. The number of nitrogens with zero attached hydrogens (tertiary/aromatic N) is 2. The molecule has 1 fully saturated rings. The van der Waals surface area contributed by atoms with Gasteiger partial charge in [-0.15, -0.1) is 0 Å². The van der Waals surface area contributed by atoms with E-state index in [9.17, 15) is 0 Å². The largest absolute Gasteiger partial charge is 0.371 e. The van der Waals surface area contributed by atoms with Gasteiger partial charge in [0.05, 0.1) is 31.3 Å². The van der Waals surface area contributed by atoms with Crippen LogP contribution in [0.15, 0.2) is 6.33 Å². The van der Waals surface area contributed by atoms with Crippen molar-refractivity contribution in [2.24, 2.45) is 0 Å². The van der Waals surface area contributed by atoms with Crippen LogP contribution in [0.4, 0.5) is 0 Å². The molecule has 1 aliphatic heterocycles. The Morgan fingerprint density at radius 2 is 2.31 bits per heavy atom. The maximum atomic E-state index is 5.22. The Hall–Kier alpha value is -0.830. The number of epoxide rings is 1. The number of hydrogen-bond donors (Lipinski definition) is 0. The van der Waals surface area contributed by atoms with E-state index in [1.54, 1.807) is 0 Å². The Labute approximate surface area is 77.7 Å². The van der Waals surface area contributed by atoms with Crippen LogP contribution in [-0.2, 0) is 24.1 Å². The van der Waals surface area contributed by atoms with E-state index in [0.29, 0.717) is 6.10 Å². The Morgan fingerprint density at radius 1 is 1.46 bits per heavy atom. The van der Waals surface area contributed by atoms with Crippen LogP contribution in [0.1, 0.15) is 24.2 Å². The molecule has 1 aromatic rings. The monoisotopic (exact) mass is 178 g/mol. The predicted molar refractivity (Wildman–Crippen MR) is 48.6 cm³/mol. The van der Waals surface area contributed by atoms with E-state index < -0.39 is 0 Å². The van der Waals surface area contributed by atoms with Gasteiger partial charge >= 0.3 is 0 Å². The maximum absolute atomic E-state index is 5.22. The number of hydrogen-bond acceptors (Lipinski definition) is 2. The van der Waals surface area contributed by atoms with Gasteiger partial charge in [0.25, 0.3) is 0 Å². The van der Waals surface area contributed by atoms with Crippen molar-refractivity contribution < 1.29 is 4.74 Å². The summed E-state index contributed by atoms with van der Waals surface area (Å²) in [4.78, 5) is 4.44. The molecule has 13 heavy (non-hydrogen) atoms. The second kappa shape index (κ2) is 2.84. The van der Waals surface area contributed by atoms with Gasteiger partial charge in [-0.2, -0.15) is 0 Å². The molecule has 3 rings (SSSR count). The highest BCUT2D eigenvalue weighted by Crippen LogP contribution is 2.21. The van der Waals surface area contributed by atoms with Crippen molar-refractivity contribution >= 4 is 0 Å². The lowest BCUT2D eigenvalue weighted by atomic mass is 10.0. The molecule has 0 aromatic carbocycles. The summed E-state index contributed by atoms with van der Waals surface area (Å²) in [5, 5.41) is 0. The highest BCUT2D eigenvalue weighted by molar-refractivity contribution is 5.16. The van der Waals surface area contributed by atoms with Crippen LogP contribution < -0.4 is 0 Å². The first-order chi connectivity index (χ1) is 6.43. The zero-order valence-electron chi connectivity index (χ0n) is 7.70. The zero-order valence-corrected chi connectivity index (χ0v) is 7.70. The summed E-state index contributed by atoms with van der Waals surface area (Å²) in [6.45, 7) is 1.95. The van der Waals surface area contributed by atoms with Crippen LogP contribution in [0.25, 0.3) is 0 Å². The molecule has 3 nitrogen and oxygen atoms in total. The predicted octanol–water partition coefficient (Wildman–Crippen LogP) is 1.16. The van der Waals surface area contributed by atoms with Gasteiger partial charge in [0.1, 0.15) is 0 Å². The van der Waals surface area contributed by atoms with Crippen LogP contribution in [0, 0.1) is 0 Å². The number of imidazole rings is 1. The van der Waals surface area contributed by atoms with E-state index >= 15 is 0 Å². The lowest BCUT2D eigenvalue weighted by Gasteiger charge is -2.12. The maximum Gasteiger partial charge on any atom is 0.0988 e. The Bertz CT molecular complexity index is 315. The van der Waals surface area contributed by atoms with E-state index in [-0.39, 0.29) is 0 Å². The Kier molecular flexibility index (Phi) is 1.65. The third-order valence-corrected chi connectivity index (χ3v) is 2.91. The highest BCUT2D eigenvalue weighted by atomic mass is 16.6. The van der Waals surface area contributed by atoms with E-state index in [1.165, 1.54) is 37.1 Å². The standard InChI is InChI=1S/C10H14N2O/c1-2-4-10-9(3-1)11-7-12(10)5-8-6-13-8/h7-8H,1-6H2. The average molecular weight is 178 g/mol. The summed E-state index contributed by atoms with van der Waals surface area (Å²) in [5.74, 6) is 0. The normalized spacial score (nSPS) is 25.7. The first-order valence-corrected chi connectivity index (χ1v) is 5.08. The molecule has 0 bridgehead atoms. The molecule has 2 heterocycles. The van der Waals surface area contributed by atoms with Crippen molar-refractivity contribution in [3.05, 3.63) is 17.7 Å². The highest BCUT2D eigenvalue weighted by Gasteiger charge is 2.25. The van der Waals surface area contributed by atoms with Crippen molar-refractivity contribution in [3.63, 3.8) is 0 Å². The van der Waals surface area contributed by atoms with Crippen LogP contribution >= 0.6 is 0 Å². The molecule has 3 heteroatoms. The molecular formula is C10H14N2O. The minimum atomic E-state index is 0.472. The molecule has 1 aromatic heterocycles. The third kappa shape index (κ3) is 1.37.